The number of unbranched alkanes of at least 4 members (excludes halogenated alkanes) is 21. The van der Waals surface area contributed by atoms with E-state index in [0.29, 0.717) is 6.42 Å². The van der Waals surface area contributed by atoms with Crippen molar-refractivity contribution in [1.82, 2.24) is 0 Å². The largest absolute Gasteiger partial charge is 0.472 e. The van der Waals surface area contributed by atoms with Crippen LogP contribution in [-0.4, -0.2) is 49.3 Å². The number of ether oxygens (including phenoxy) is 2. The van der Waals surface area contributed by atoms with Gasteiger partial charge in [-0.15, -0.1) is 0 Å². The van der Waals surface area contributed by atoms with E-state index in [2.05, 4.69) is 38.2 Å². The van der Waals surface area contributed by atoms with Crippen molar-refractivity contribution in [2.75, 3.05) is 26.4 Å². The number of carbonyl (C=O) groups excluding carboxylic acids is 2. The molecule has 9 nitrogen and oxygen atoms in total. The second-order valence-corrected chi connectivity index (χ2v) is 15.0. The maximum Gasteiger partial charge on any atom is 0.472 e. The van der Waals surface area contributed by atoms with Gasteiger partial charge in [-0.2, -0.15) is 0 Å². The molecule has 0 amide bonds. The van der Waals surface area contributed by atoms with Gasteiger partial charge in [0.25, 0.3) is 0 Å². The number of carbonyl (C=O) groups is 2. The molecular formula is C41H76NO8P. The molecule has 0 aliphatic rings. The average Bonchev–Trinajstić information content (AvgIpc) is 3.11. The van der Waals surface area contributed by atoms with Crippen LogP contribution < -0.4 is 5.73 Å². The minimum atomic E-state index is -4.39. The van der Waals surface area contributed by atoms with Crippen molar-refractivity contribution in [2.45, 2.75) is 187 Å². The molecule has 0 bridgehead atoms. The summed E-state index contributed by atoms with van der Waals surface area (Å²) in [4.78, 5) is 34.7. The smallest absolute Gasteiger partial charge is 0.458 e. The highest BCUT2D eigenvalue weighted by Gasteiger charge is 2.25. The number of hydrogen-bond acceptors (Lipinski definition) is 8. The summed E-state index contributed by atoms with van der Waals surface area (Å²) in [6.45, 7) is 3.61. The number of allylic oxidation sites excluding steroid dienone is 5. The van der Waals surface area contributed by atoms with Crippen molar-refractivity contribution in [3.63, 3.8) is 0 Å². The van der Waals surface area contributed by atoms with Gasteiger partial charge in [-0.25, -0.2) is 9.36 Å². The van der Waals surface area contributed by atoms with Crippen LogP contribution in [0.1, 0.15) is 181 Å². The Labute approximate surface area is 312 Å². The number of esters is 2. The summed E-state index contributed by atoms with van der Waals surface area (Å²) in [7, 11) is -4.39. The first-order chi connectivity index (χ1) is 24.8. The van der Waals surface area contributed by atoms with Crippen molar-refractivity contribution in [2.24, 2.45) is 5.73 Å². The van der Waals surface area contributed by atoms with Crippen molar-refractivity contribution in [3.8, 4) is 0 Å². The van der Waals surface area contributed by atoms with Gasteiger partial charge in [0.15, 0.2) is 6.10 Å². The van der Waals surface area contributed by atoms with Gasteiger partial charge in [0.2, 0.25) is 0 Å². The molecule has 0 spiro atoms. The SMILES string of the molecule is CCCCCCCCC=CCCCCCC=CC(=O)OCC(COP(=O)(O)OCCN)OC(=O)CCCCCCCC=CCCCCCCCC. The summed E-state index contributed by atoms with van der Waals surface area (Å²) in [6.07, 6.45) is 40.7. The van der Waals surface area contributed by atoms with Gasteiger partial charge in [-0.1, -0.05) is 134 Å². The minimum Gasteiger partial charge on any atom is -0.458 e. The van der Waals surface area contributed by atoms with Gasteiger partial charge < -0.3 is 20.1 Å². The van der Waals surface area contributed by atoms with E-state index in [9.17, 15) is 19.0 Å². The molecule has 2 atom stereocenters. The second kappa shape index (κ2) is 38.0. The Bertz CT molecular complexity index is 939. The number of phosphoric ester groups is 1. The minimum absolute atomic E-state index is 0.0442. The van der Waals surface area contributed by atoms with Crippen molar-refractivity contribution in [3.05, 3.63) is 36.5 Å². The molecule has 0 fully saturated rings. The molecule has 51 heavy (non-hydrogen) atoms. The van der Waals surface area contributed by atoms with Gasteiger partial charge in [0.1, 0.15) is 6.61 Å². The van der Waals surface area contributed by atoms with Gasteiger partial charge in [-0.3, -0.25) is 13.8 Å². The maximum absolute atomic E-state index is 12.5. The number of rotatable bonds is 38. The zero-order chi connectivity index (χ0) is 37.5. The average molecular weight is 742 g/mol. The lowest BCUT2D eigenvalue weighted by Crippen LogP contribution is -2.29. The molecule has 2 unspecified atom stereocenters. The predicted molar refractivity (Wildman–Crippen MR) is 210 cm³/mol. The van der Waals surface area contributed by atoms with Crippen LogP contribution in [0.2, 0.25) is 0 Å². The third kappa shape index (κ3) is 37.8. The summed E-state index contributed by atoms with van der Waals surface area (Å²) in [5.74, 6) is -1.04. The van der Waals surface area contributed by atoms with Crippen LogP contribution in [0.4, 0.5) is 0 Å². The van der Waals surface area contributed by atoms with Crippen LogP contribution in [0, 0.1) is 0 Å². The predicted octanol–water partition coefficient (Wildman–Crippen LogP) is 11.4. The summed E-state index contributed by atoms with van der Waals surface area (Å²) in [5, 5.41) is 0. The fourth-order valence-corrected chi connectivity index (χ4v) is 6.23. The van der Waals surface area contributed by atoms with E-state index < -0.39 is 32.5 Å². The van der Waals surface area contributed by atoms with Crippen LogP contribution in [0.5, 0.6) is 0 Å². The van der Waals surface area contributed by atoms with Crippen LogP contribution in [0.25, 0.3) is 0 Å². The topological polar surface area (TPSA) is 134 Å². The van der Waals surface area contributed by atoms with E-state index in [1.165, 1.54) is 96.0 Å². The zero-order valence-corrected chi connectivity index (χ0v) is 33.5. The molecule has 298 valence electrons. The fourth-order valence-electron chi connectivity index (χ4n) is 5.47. The van der Waals surface area contributed by atoms with E-state index >= 15 is 0 Å². The third-order valence-corrected chi connectivity index (χ3v) is 9.52. The van der Waals surface area contributed by atoms with E-state index in [0.717, 1.165) is 64.2 Å². The van der Waals surface area contributed by atoms with E-state index in [1.54, 1.807) is 6.08 Å². The molecule has 0 heterocycles. The Balaban J connectivity index is 4.27. The molecule has 10 heteroatoms. The summed E-state index contributed by atoms with van der Waals surface area (Å²) in [5.41, 5.74) is 5.33. The molecule has 0 aliphatic heterocycles. The highest BCUT2D eigenvalue weighted by atomic mass is 31.2. The lowest BCUT2D eigenvalue weighted by molar-refractivity contribution is -0.159. The zero-order valence-electron chi connectivity index (χ0n) is 32.6. The Morgan fingerprint density at radius 3 is 1.53 bits per heavy atom. The highest BCUT2D eigenvalue weighted by Crippen LogP contribution is 2.43. The highest BCUT2D eigenvalue weighted by molar-refractivity contribution is 7.47. The van der Waals surface area contributed by atoms with Crippen molar-refractivity contribution in [1.29, 1.82) is 0 Å². The number of phosphoric acid groups is 1. The molecule has 0 rings (SSSR count). The molecule has 0 radical (unpaired) electrons. The Hall–Kier alpha value is -1.77. The Morgan fingerprint density at radius 2 is 1.04 bits per heavy atom. The van der Waals surface area contributed by atoms with Gasteiger partial charge in [0, 0.05) is 19.0 Å². The summed E-state index contributed by atoms with van der Waals surface area (Å²) < 4.78 is 32.6. The molecule has 0 aliphatic carbocycles. The second-order valence-electron chi connectivity index (χ2n) is 13.5. The molecule has 0 saturated carbocycles. The standard InChI is InChI=1S/C41H76NO8P/c1-3-5-7-9-11-13-15-17-19-21-23-25-27-29-31-33-40(43)47-37-39(38-49-51(45,46)48-36-35-42)50-41(44)34-32-30-28-26-24-22-20-18-16-14-12-10-8-6-4-2/h17-20,31,33,39H,3-16,21-30,32,34-38,42H2,1-2H3,(H,45,46). The lowest BCUT2D eigenvalue weighted by Gasteiger charge is -2.19. The van der Waals surface area contributed by atoms with Gasteiger partial charge >= 0.3 is 19.8 Å². The monoisotopic (exact) mass is 742 g/mol. The molecule has 0 aromatic carbocycles. The third-order valence-electron chi connectivity index (χ3n) is 8.53. The van der Waals surface area contributed by atoms with Gasteiger partial charge in [0.05, 0.1) is 13.2 Å². The summed E-state index contributed by atoms with van der Waals surface area (Å²) in [6, 6.07) is 0. The molecule has 0 saturated heterocycles. The molecule has 0 aromatic heterocycles. The molecule has 3 N–H and O–H groups in total. The fraction of sp³-hybridized carbons (Fsp3) is 0.805. The van der Waals surface area contributed by atoms with Crippen molar-refractivity contribution >= 4 is 19.8 Å². The van der Waals surface area contributed by atoms with E-state index in [1.807, 2.05) is 0 Å². The van der Waals surface area contributed by atoms with Crippen LogP contribution in [0.15, 0.2) is 36.5 Å². The maximum atomic E-state index is 12.5. The van der Waals surface area contributed by atoms with Crippen LogP contribution in [-0.2, 0) is 32.7 Å². The molecule has 0 aromatic rings. The van der Waals surface area contributed by atoms with E-state index in [-0.39, 0.29) is 26.2 Å². The first-order valence-electron chi connectivity index (χ1n) is 20.5. The number of hydrogen-bond donors (Lipinski definition) is 2. The molecular weight excluding hydrogens is 665 g/mol. The van der Waals surface area contributed by atoms with Crippen LogP contribution >= 0.6 is 7.82 Å². The van der Waals surface area contributed by atoms with Crippen LogP contribution in [0.3, 0.4) is 0 Å². The first kappa shape index (κ1) is 49.2. The summed E-state index contributed by atoms with van der Waals surface area (Å²) >= 11 is 0. The first-order valence-corrected chi connectivity index (χ1v) is 22.0. The van der Waals surface area contributed by atoms with Gasteiger partial charge in [-0.05, 0) is 70.6 Å². The van der Waals surface area contributed by atoms with E-state index in [4.69, 9.17) is 24.3 Å². The Morgan fingerprint density at radius 1 is 0.608 bits per heavy atom. The lowest BCUT2D eigenvalue weighted by atomic mass is 10.1. The quantitative estimate of drug-likeness (QED) is 0.0208. The Kier molecular flexibility index (Phi) is 36.7. The van der Waals surface area contributed by atoms with Crippen molar-refractivity contribution < 1.29 is 37.6 Å². The number of nitrogens with two attached hydrogens (primary N) is 1. The normalized spacial score (nSPS) is 13.7.